The van der Waals surface area contributed by atoms with Crippen molar-refractivity contribution >= 4 is 0 Å². The van der Waals surface area contributed by atoms with Crippen LogP contribution < -0.4 is 5.73 Å². The van der Waals surface area contributed by atoms with Crippen LogP contribution >= 0.6 is 0 Å². The summed E-state index contributed by atoms with van der Waals surface area (Å²) < 4.78 is 2.18. The molecule has 0 aliphatic heterocycles. The van der Waals surface area contributed by atoms with E-state index in [9.17, 15) is 0 Å². The van der Waals surface area contributed by atoms with Crippen molar-refractivity contribution in [3.05, 3.63) is 18.2 Å². The molecule has 3 nitrogen and oxygen atoms in total. The van der Waals surface area contributed by atoms with Crippen LogP contribution in [0.4, 0.5) is 0 Å². The normalized spacial score (nSPS) is 17.8. The van der Waals surface area contributed by atoms with Crippen LogP contribution in [0.1, 0.15) is 30.9 Å². The summed E-state index contributed by atoms with van der Waals surface area (Å²) in [6.07, 6.45) is 7.91. The summed E-state index contributed by atoms with van der Waals surface area (Å²) in [6, 6.07) is 0. The average Bonchev–Trinajstić information content (AvgIpc) is 2.35. The van der Waals surface area contributed by atoms with E-state index in [1.807, 2.05) is 12.5 Å². The minimum Gasteiger partial charge on any atom is -0.333 e. The molecular weight excluding hydrogens is 150 g/mol. The van der Waals surface area contributed by atoms with Crippen LogP contribution in [0.2, 0.25) is 0 Å². The fraction of sp³-hybridized carbons (Fsp3) is 0.667. The Kier molecular flexibility index (Phi) is 2.13. The standard InChI is InChI=1S/C9H15N3/c10-4-5-12-7-11-6-9(12)8-2-1-3-8/h6-8H,1-5,10H2. The van der Waals surface area contributed by atoms with Crippen molar-refractivity contribution in [2.75, 3.05) is 6.54 Å². The van der Waals surface area contributed by atoms with Crippen LogP contribution in [0, 0.1) is 0 Å². The summed E-state index contributed by atoms with van der Waals surface area (Å²) in [7, 11) is 0. The lowest BCUT2D eigenvalue weighted by Crippen LogP contribution is -2.17. The zero-order valence-corrected chi connectivity index (χ0v) is 7.24. The van der Waals surface area contributed by atoms with E-state index >= 15 is 0 Å². The maximum atomic E-state index is 5.50. The molecule has 66 valence electrons. The van der Waals surface area contributed by atoms with Gasteiger partial charge in [-0.05, 0) is 12.8 Å². The van der Waals surface area contributed by atoms with Gasteiger partial charge in [0.15, 0.2) is 0 Å². The summed E-state index contributed by atoms with van der Waals surface area (Å²) in [6.45, 7) is 1.61. The molecule has 1 aromatic heterocycles. The van der Waals surface area contributed by atoms with Gasteiger partial charge in [-0.15, -0.1) is 0 Å². The van der Waals surface area contributed by atoms with Crippen molar-refractivity contribution in [1.29, 1.82) is 0 Å². The molecule has 1 fully saturated rings. The molecule has 0 radical (unpaired) electrons. The first-order chi connectivity index (χ1) is 5.92. The lowest BCUT2D eigenvalue weighted by atomic mass is 9.83. The van der Waals surface area contributed by atoms with Gasteiger partial charge in [0.25, 0.3) is 0 Å². The molecule has 3 heteroatoms. The molecule has 0 unspecified atom stereocenters. The van der Waals surface area contributed by atoms with Gasteiger partial charge in [0.05, 0.1) is 6.33 Å². The Labute approximate surface area is 72.6 Å². The quantitative estimate of drug-likeness (QED) is 0.729. The van der Waals surface area contributed by atoms with Gasteiger partial charge in [0, 0.05) is 30.9 Å². The Bertz CT molecular complexity index is 250. The maximum absolute atomic E-state index is 5.50. The van der Waals surface area contributed by atoms with Crippen molar-refractivity contribution in [2.24, 2.45) is 5.73 Å². The summed E-state index contributed by atoms with van der Waals surface area (Å²) in [5, 5.41) is 0. The van der Waals surface area contributed by atoms with Gasteiger partial charge in [-0.25, -0.2) is 4.98 Å². The highest BCUT2D eigenvalue weighted by molar-refractivity contribution is 5.09. The van der Waals surface area contributed by atoms with Gasteiger partial charge in [-0.3, -0.25) is 0 Å². The first-order valence-corrected chi connectivity index (χ1v) is 4.62. The first kappa shape index (κ1) is 7.80. The fourth-order valence-corrected chi connectivity index (χ4v) is 1.70. The molecule has 0 aromatic carbocycles. The Morgan fingerprint density at radius 2 is 2.42 bits per heavy atom. The van der Waals surface area contributed by atoms with E-state index in [0.717, 1.165) is 12.5 Å². The second-order valence-electron chi connectivity index (χ2n) is 3.43. The molecule has 12 heavy (non-hydrogen) atoms. The topological polar surface area (TPSA) is 43.8 Å². The Hall–Kier alpha value is -0.830. The summed E-state index contributed by atoms with van der Waals surface area (Å²) in [4.78, 5) is 4.15. The van der Waals surface area contributed by atoms with E-state index in [1.165, 1.54) is 25.0 Å². The number of hydrogen-bond acceptors (Lipinski definition) is 2. The van der Waals surface area contributed by atoms with E-state index in [1.54, 1.807) is 0 Å². The molecular formula is C9H15N3. The molecule has 1 aliphatic carbocycles. The van der Waals surface area contributed by atoms with Gasteiger partial charge in [0.2, 0.25) is 0 Å². The van der Waals surface area contributed by atoms with Crippen LogP contribution in [-0.4, -0.2) is 16.1 Å². The molecule has 2 rings (SSSR count). The second kappa shape index (κ2) is 3.27. The van der Waals surface area contributed by atoms with Crippen LogP contribution in [0.3, 0.4) is 0 Å². The minimum atomic E-state index is 0.704. The van der Waals surface area contributed by atoms with Gasteiger partial charge in [0.1, 0.15) is 0 Å². The van der Waals surface area contributed by atoms with Gasteiger partial charge >= 0.3 is 0 Å². The fourth-order valence-electron chi connectivity index (χ4n) is 1.70. The molecule has 0 bridgehead atoms. The van der Waals surface area contributed by atoms with Crippen molar-refractivity contribution in [3.63, 3.8) is 0 Å². The van der Waals surface area contributed by atoms with Crippen molar-refractivity contribution in [1.82, 2.24) is 9.55 Å². The predicted molar refractivity (Wildman–Crippen MR) is 47.9 cm³/mol. The highest BCUT2D eigenvalue weighted by atomic mass is 15.1. The van der Waals surface area contributed by atoms with Crippen molar-refractivity contribution in [2.45, 2.75) is 31.7 Å². The Balaban J connectivity index is 2.12. The Morgan fingerprint density at radius 1 is 1.58 bits per heavy atom. The number of hydrogen-bond donors (Lipinski definition) is 1. The highest BCUT2D eigenvalue weighted by Gasteiger charge is 2.22. The Morgan fingerprint density at radius 3 is 3.00 bits per heavy atom. The lowest BCUT2D eigenvalue weighted by molar-refractivity contribution is 0.397. The molecule has 0 saturated heterocycles. The van der Waals surface area contributed by atoms with E-state index in [4.69, 9.17) is 5.73 Å². The SMILES string of the molecule is NCCn1cncc1C1CCC1. The smallest absolute Gasteiger partial charge is 0.0948 e. The molecule has 2 N–H and O–H groups in total. The maximum Gasteiger partial charge on any atom is 0.0948 e. The summed E-state index contributed by atoms with van der Waals surface area (Å²) in [5.74, 6) is 0.763. The molecule has 1 saturated carbocycles. The van der Waals surface area contributed by atoms with Crippen LogP contribution in [-0.2, 0) is 6.54 Å². The third-order valence-corrected chi connectivity index (χ3v) is 2.64. The van der Waals surface area contributed by atoms with Crippen LogP contribution in [0.15, 0.2) is 12.5 Å². The molecule has 0 amide bonds. The summed E-state index contributed by atoms with van der Waals surface area (Å²) in [5.41, 5.74) is 6.88. The lowest BCUT2D eigenvalue weighted by Gasteiger charge is -2.26. The van der Waals surface area contributed by atoms with Crippen LogP contribution in [0.5, 0.6) is 0 Å². The molecule has 1 aromatic rings. The number of imidazole rings is 1. The zero-order chi connectivity index (χ0) is 8.39. The van der Waals surface area contributed by atoms with E-state index < -0.39 is 0 Å². The third-order valence-electron chi connectivity index (χ3n) is 2.64. The average molecular weight is 165 g/mol. The van der Waals surface area contributed by atoms with Crippen LogP contribution in [0.25, 0.3) is 0 Å². The number of rotatable bonds is 3. The monoisotopic (exact) mass is 165 g/mol. The third kappa shape index (κ3) is 1.25. The van der Waals surface area contributed by atoms with E-state index in [-0.39, 0.29) is 0 Å². The zero-order valence-electron chi connectivity index (χ0n) is 7.24. The molecule has 1 heterocycles. The molecule has 0 atom stereocenters. The number of nitrogens with two attached hydrogens (primary N) is 1. The summed E-state index contributed by atoms with van der Waals surface area (Å²) >= 11 is 0. The van der Waals surface area contributed by atoms with Gasteiger partial charge < -0.3 is 10.3 Å². The van der Waals surface area contributed by atoms with Crippen molar-refractivity contribution < 1.29 is 0 Å². The van der Waals surface area contributed by atoms with Gasteiger partial charge in [-0.1, -0.05) is 6.42 Å². The first-order valence-electron chi connectivity index (χ1n) is 4.62. The van der Waals surface area contributed by atoms with E-state index in [2.05, 4.69) is 9.55 Å². The largest absolute Gasteiger partial charge is 0.333 e. The second-order valence-corrected chi connectivity index (χ2v) is 3.43. The van der Waals surface area contributed by atoms with Gasteiger partial charge in [-0.2, -0.15) is 0 Å². The molecule has 1 aliphatic rings. The molecule has 0 spiro atoms. The minimum absolute atomic E-state index is 0.704. The predicted octanol–water partition coefficient (Wildman–Crippen LogP) is 1.11. The highest BCUT2D eigenvalue weighted by Crippen LogP contribution is 2.35. The van der Waals surface area contributed by atoms with E-state index in [0.29, 0.717) is 6.54 Å². The van der Waals surface area contributed by atoms with Crippen molar-refractivity contribution in [3.8, 4) is 0 Å². The number of nitrogens with zero attached hydrogens (tertiary/aromatic N) is 2. The number of aromatic nitrogens is 2.